The summed E-state index contributed by atoms with van der Waals surface area (Å²) in [6.45, 7) is 0.320. The number of halogens is 6. The molecule has 0 aliphatic carbocycles. The van der Waals surface area contributed by atoms with E-state index in [4.69, 9.17) is 11.6 Å². The molecule has 1 heterocycles. The molecule has 4 rings (SSSR count). The van der Waals surface area contributed by atoms with E-state index in [1.807, 2.05) is 0 Å². The summed E-state index contributed by atoms with van der Waals surface area (Å²) in [5.74, 6) is -0.601. The quantitative estimate of drug-likeness (QED) is 0.268. The molecule has 0 spiro atoms. The average molecular weight is 548 g/mol. The number of alkyl halides is 3. The van der Waals surface area contributed by atoms with Gasteiger partial charge in [-0.2, -0.15) is 13.2 Å². The number of rotatable bonds is 6. The maximum atomic E-state index is 14.2. The van der Waals surface area contributed by atoms with Gasteiger partial charge in [0.1, 0.15) is 5.82 Å². The second-order valence-electron chi connectivity index (χ2n) is 7.49. The third kappa shape index (κ3) is 5.40. The summed E-state index contributed by atoms with van der Waals surface area (Å²) >= 11 is 5.78. The molecule has 12 heteroatoms. The lowest BCUT2D eigenvalue weighted by Crippen LogP contribution is -2.14. The number of hydrogen-bond donors (Lipinski definition) is 2. The second kappa shape index (κ2) is 10.1. The van der Waals surface area contributed by atoms with Gasteiger partial charge in [0.05, 0.1) is 21.7 Å². The molecule has 0 unspecified atom stereocenters. The normalized spacial score (nSPS) is 11.9. The molecule has 35 heavy (non-hydrogen) atoms. The summed E-state index contributed by atoms with van der Waals surface area (Å²) in [4.78, 5) is -0.502. The molecule has 2 N–H and O–H groups in total. The predicted octanol–water partition coefficient (Wildman–Crippen LogP) is 6.57. The molecule has 5 nitrogen and oxygen atoms in total. The van der Waals surface area contributed by atoms with Gasteiger partial charge in [0.15, 0.2) is 0 Å². The van der Waals surface area contributed by atoms with Gasteiger partial charge in [-0.1, -0.05) is 23.7 Å². The van der Waals surface area contributed by atoms with Gasteiger partial charge in [0.25, 0.3) is 10.0 Å². The SMILES string of the molecule is CNCc1cn(S(=O)(=O)c2cccc(C(F)(F)F)c2)c2cc(Nc3ccc(Cl)cc3F)ccc12.Cl. The first-order valence-corrected chi connectivity index (χ1v) is 11.8. The van der Waals surface area contributed by atoms with Crippen molar-refractivity contribution in [3.8, 4) is 0 Å². The molecule has 3 aromatic carbocycles. The highest BCUT2D eigenvalue weighted by Gasteiger charge is 2.32. The molecule has 0 atom stereocenters. The Labute approximate surface area is 210 Å². The molecule has 4 aromatic rings. The van der Waals surface area contributed by atoms with Crippen molar-refractivity contribution < 1.29 is 26.0 Å². The van der Waals surface area contributed by atoms with Gasteiger partial charge in [-0.25, -0.2) is 16.8 Å². The van der Waals surface area contributed by atoms with Crippen LogP contribution in [0.2, 0.25) is 5.02 Å². The van der Waals surface area contributed by atoms with Gasteiger partial charge in [-0.3, -0.25) is 0 Å². The number of fused-ring (bicyclic) bond motifs is 1. The summed E-state index contributed by atoms with van der Waals surface area (Å²) in [6.07, 6.45) is -3.33. The standard InChI is InChI=1S/C23H18ClF4N3O2S.ClH/c1-29-12-14-13-31(34(32,33)18-4-2-3-15(9-18)23(26,27)28)22-11-17(6-7-19(14)22)30-21-8-5-16(24)10-20(21)25;/h2-11,13,29-30H,12H2,1H3;1H. The Kier molecular flexibility index (Phi) is 7.71. The maximum Gasteiger partial charge on any atom is 0.416 e. The van der Waals surface area contributed by atoms with Crippen molar-refractivity contribution in [1.29, 1.82) is 0 Å². The minimum atomic E-state index is -4.69. The third-order valence-electron chi connectivity index (χ3n) is 5.15. The Hall–Kier alpha value is -2.79. The molecule has 0 radical (unpaired) electrons. The fourth-order valence-electron chi connectivity index (χ4n) is 3.57. The molecule has 0 bridgehead atoms. The number of nitrogens with one attached hydrogen (secondary N) is 2. The molecule has 0 aliphatic rings. The van der Waals surface area contributed by atoms with Crippen LogP contribution in [0.15, 0.2) is 71.8 Å². The van der Waals surface area contributed by atoms with Crippen molar-refractivity contribution in [2.45, 2.75) is 17.6 Å². The number of aromatic nitrogens is 1. The summed E-state index contributed by atoms with van der Waals surface area (Å²) < 4.78 is 81.5. The first-order valence-electron chi connectivity index (χ1n) is 9.94. The molecule has 0 amide bonds. The summed E-state index contributed by atoms with van der Waals surface area (Å²) in [6, 6.07) is 12.4. The first kappa shape index (κ1) is 26.8. The number of anilines is 2. The van der Waals surface area contributed by atoms with Crippen LogP contribution < -0.4 is 10.6 Å². The monoisotopic (exact) mass is 547 g/mol. The van der Waals surface area contributed by atoms with E-state index in [0.29, 0.717) is 29.2 Å². The van der Waals surface area contributed by atoms with E-state index < -0.39 is 32.5 Å². The lowest BCUT2D eigenvalue weighted by atomic mass is 10.1. The van der Waals surface area contributed by atoms with Crippen LogP contribution in [0, 0.1) is 5.82 Å². The number of nitrogens with zero attached hydrogens (tertiary/aromatic N) is 1. The van der Waals surface area contributed by atoms with E-state index in [9.17, 15) is 26.0 Å². The molecule has 0 aliphatic heterocycles. The fraction of sp³-hybridized carbons (Fsp3) is 0.130. The zero-order chi connectivity index (χ0) is 24.7. The summed E-state index contributed by atoms with van der Waals surface area (Å²) in [5, 5.41) is 6.61. The zero-order valence-electron chi connectivity index (χ0n) is 18.0. The van der Waals surface area contributed by atoms with Crippen molar-refractivity contribution >= 4 is 56.3 Å². The van der Waals surface area contributed by atoms with E-state index in [1.54, 1.807) is 19.2 Å². The smallest absolute Gasteiger partial charge is 0.353 e. The van der Waals surface area contributed by atoms with Crippen LogP contribution in [-0.4, -0.2) is 19.4 Å². The molecule has 0 saturated heterocycles. The number of hydrogen-bond acceptors (Lipinski definition) is 4. The van der Waals surface area contributed by atoms with Gasteiger partial charge in [0.2, 0.25) is 0 Å². The first-order chi connectivity index (χ1) is 16.0. The molecule has 0 fully saturated rings. The van der Waals surface area contributed by atoms with Crippen LogP contribution in [0.4, 0.5) is 28.9 Å². The predicted molar refractivity (Wildman–Crippen MR) is 131 cm³/mol. The molecular weight excluding hydrogens is 529 g/mol. The Morgan fingerprint density at radius 3 is 2.43 bits per heavy atom. The Morgan fingerprint density at radius 1 is 1.03 bits per heavy atom. The molecule has 1 aromatic heterocycles. The van der Waals surface area contributed by atoms with Gasteiger partial charge < -0.3 is 10.6 Å². The number of benzene rings is 3. The Bertz CT molecular complexity index is 1490. The molecule has 186 valence electrons. The lowest BCUT2D eigenvalue weighted by molar-refractivity contribution is -0.137. The van der Waals surface area contributed by atoms with Gasteiger partial charge >= 0.3 is 6.18 Å². The van der Waals surface area contributed by atoms with Gasteiger partial charge in [-0.05, 0) is 61.1 Å². The summed E-state index contributed by atoms with van der Waals surface area (Å²) in [5.41, 5.74) is 0.279. The highest BCUT2D eigenvalue weighted by Crippen LogP contribution is 2.33. The van der Waals surface area contributed by atoms with E-state index in [1.165, 1.54) is 24.4 Å². The van der Waals surface area contributed by atoms with E-state index >= 15 is 0 Å². The van der Waals surface area contributed by atoms with Gasteiger partial charge in [0, 0.05) is 28.8 Å². The Morgan fingerprint density at radius 2 is 1.77 bits per heavy atom. The lowest BCUT2D eigenvalue weighted by Gasteiger charge is -2.12. The third-order valence-corrected chi connectivity index (χ3v) is 7.05. The van der Waals surface area contributed by atoms with Crippen LogP contribution in [0.1, 0.15) is 11.1 Å². The van der Waals surface area contributed by atoms with E-state index in [2.05, 4.69) is 10.6 Å². The van der Waals surface area contributed by atoms with Crippen molar-refractivity contribution in [2.75, 3.05) is 12.4 Å². The second-order valence-corrected chi connectivity index (χ2v) is 9.74. The van der Waals surface area contributed by atoms with E-state index in [-0.39, 0.29) is 28.6 Å². The topological polar surface area (TPSA) is 63.1 Å². The zero-order valence-corrected chi connectivity index (χ0v) is 20.4. The fourth-order valence-corrected chi connectivity index (χ4v) is 5.16. The van der Waals surface area contributed by atoms with Crippen molar-refractivity contribution in [1.82, 2.24) is 9.29 Å². The average Bonchev–Trinajstić information content (AvgIpc) is 3.14. The van der Waals surface area contributed by atoms with Crippen LogP contribution in [0.5, 0.6) is 0 Å². The minimum absolute atomic E-state index is 0. The Balaban J connectivity index is 0.00000342. The minimum Gasteiger partial charge on any atom is -0.353 e. The van der Waals surface area contributed by atoms with Gasteiger partial charge in [-0.15, -0.1) is 12.4 Å². The van der Waals surface area contributed by atoms with Crippen LogP contribution >= 0.6 is 24.0 Å². The highest BCUT2D eigenvalue weighted by atomic mass is 35.5. The van der Waals surface area contributed by atoms with Crippen LogP contribution in [0.3, 0.4) is 0 Å². The summed E-state index contributed by atoms with van der Waals surface area (Å²) in [7, 11) is -2.70. The van der Waals surface area contributed by atoms with E-state index in [0.717, 1.165) is 28.2 Å². The van der Waals surface area contributed by atoms with Crippen LogP contribution in [0.25, 0.3) is 10.9 Å². The molecular formula is C23H19Cl2F4N3O2S. The molecule has 0 saturated carbocycles. The largest absolute Gasteiger partial charge is 0.416 e. The van der Waals surface area contributed by atoms with Crippen molar-refractivity contribution in [2.24, 2.45) is 0 Å². The highest BCUT2D eigenvalue weighted by molar-refractivity contribution is 7.90. The van der Waals surface area contributed by atoms with Crippen molar-refractivity contribution in [3.05, 3.63) is 88.8 Å². The maximum absolute atomic E-state index is 14.2. The van der Waals surface area contributed by atoms with Crippen LogP contribution in [-0.2, 0) is 22.7 Å². The van der Waals surface area contributed by atoms with Crippen molar-refractivity contribution in [3.63, 3.8) is 0 Å².